The van der Waals surface area contributed by atoms with Gasteiger partial charge in [-0.15, -0.1) is 0 Å². The molecule has 1 aliphatic rings. The van der Waals surface area contributed by atoms with E-state index in [1.807, 2.05) is 63.6 Å². The molecule has 0 radical (unpaired) electrons. The topological polar surface area (TPSA) is 103 Å². The number of piperidine rings is 1. The van der Waals surface area contributed by atoms with Crippen molar-refractivity contribution in [3.63, 3.8) is 0 Å². The number of methoxy groups -OCH3 is 1. The van der Waals surface area contributed by atoms with E-state index in [9.17, 15) is 9.59 Å². The average Bonchev–Trinajstić information content (AvgIpc) is 3.43. The summed E-state index contributed by atoms with van der Waals surface area (Å²) in [5, 5.41) is 2.91. The van der Waals surface area contributed by atoms with E-state index in [1.54, 1.807) is 18.1 Å². The number of imidazole rings is 1. The summed E-state index contributed by atoms with van der Waals surface area (Å²) in [6.45, 7) is 15.0. The van der Waals surface area contributed by atoms with Crippen molar-refractivity contribution in [1.82, 2.24) is 24.3 Å². The van der Waals surface area contributed by atoms with Crippen LogP contribution in [0.1, 0.15) is 63.5 Å². The molecule has 0 bridgehead atoms. The molecule has 1 N–H and O–H groups in total. The molecule has 4 rings (SSSR count). The molecule has 1 aromatic carbocycles. The number of aromatic nitrogens is 3. The molecule has 3 heterocycles. The lowest BCUT2D eigenvalue weighted by molar-refractivity contribution is 0.0452. The number of hydrogen-bond acceptors (Lipinski definition) is 6. The molecule has 1 atom stereocenters. The van der Waals surface area contributed by atoms with E-state index in [-0.39, 0.29) is 11.9 Å². The number of allylic oxidation sites excluding steroid dienone is 1. The van der Waals surface area contributed by atoms with Gasteiger partial charge in [-0.05, 0) is 78.5 Å². The summed E-state index contributed by atoms with van der Waals surface area (Å²) in [4.78, 5) is 36.9. The van der Waals surface area contributed by atoms with Crippen molar-refractivity contribution in [3.05, 3.63) is 35.5 Å². The minimum atomic E-state index is -0.585. The number of carbonyl (C=O) groups excluding carboxylic acids is 2. The summed E-state index contributed by atoms with van der Waals surface area (Å²) >= 11 is 0. The Bertz CT molecular complexity index is 1460. The van der Waals surface area contributed by atoms with Crippen molar-refractivity contribution >= 4 is 41.5 Å². The predicted octanol–water partition coefficient (Wildman–Crippen LogP) is 5.56. The Morgan fingerprint density at radius 3 is 2.65 bits per heavy atom. The summed E-state index contributed by atoms with van der Waals surface area (Å²) in [6, 6.07) is 5.38. The molecule has 10 heteroatoms. The van der Waals surface area contributed by atoms with Crippen LogP contribution in [0.2, 0.25) is 0 Å². The van der Waals surface area contributed by atoms with Crippen molar-refractivity contribution in [2.45, 2.75) is 65.6 Å². The number of rotatable bonds is 7. The molecule has 0 saturated carbocycles. The maximum absolute atomic E-state index is 13.7. The Kier molecular flexibility index (Phi) is 8.37. The van der Waals surface area contributed by atoms with Gasteiger partial charge in [0.15, 0.2) is 5.82 Å². The molecule has 1 fully saturated rings. The summed E-state index contributed by atoms with van der Waals surface area (Å²) in [5.74, 6) is 1.17. The standard InChI is InChI=1S/C30H40N6O4/c1-9-12-23-21(31-6)17-24(36(23)10-2)27-33-22-15-19(16-25(39-8)26(22)34(27)7)28(37)35-14-11-13-20(18-35)32-29(38)40-30(3,4)5/h9,12,15-17,20H,6,10-11,13-14,18H2,1-5,7-8H3,(H,32,38)/b12-9-/t20-/m1/s1. The summed E-state index contributed by atoms with van der Waals surface area (Å²) < 4.78 is 15.3. The zero-order valence-electron chi connectivity index (χ0n) is 24.6. The van der Waals surface area contributed by atoms with E-state index in [2.05, 4.69) is 28.5 Å². The van der Waals surface area contributed by atoms with Gasteiger partial charge < -0.3 is 28.8 Å². The molecule has 0 unspecified atom stereocenters. The van der Waals surface area contributed by atoms with Crippen LogP contribution < -0.4 is 10.1 Å². The molecule has 1 saturated heterocycles. The summed E-state index contributed by atoms with van der Waals surface area (Å²) in [7, 11) is 3.53. The lowest BCUT2D eigenvalue weighted by Crippen LogP contribution is -2.50. The van der Waals surface area contributed by atoms with E-state index >= 15 is 0 Å². The number of amides is 2. The monoisotopic (exact) mass is 548 g/mol. The maximum atomic E-state index is 13.7. The Balaban J connectivity index is 1.67. The van der Waals surface area contributed by atoms with Crippen LogP contribution in [0.3, 0.4) is 0 Å². The Hall–Kier alpha value is -4.08. The number of alkyl carbamates (subject to hydrolysis) is 1. The largest absolute Gasteiger partial charge is 0.494 e. The van der Waals surface area contributed by atoms with Crippen molar-refractivity contribution in [2.75, 3.05) is 20.2 Å². The van der Waals surface area contributed by atoms with E-state index in [4.69, 9.17) is 14.5 Å². The van der Waals surface area contributed by atoms with Gasteiger partial charge >= 0.3 is 6.09 Å². The number of nitrogens with zero attached hydrogens (tertiary/aromatic N) is 5. The van der Waals surface area contributed by atoms with E-state index in [0.29, 0.717) is 29.9 Å². The number of fused-ring (bicyclic) bond motifs is 1. The zero-order chi connectivity index (χ0) is 29.2. The second kappa shape index (κ2) is 11.6. The van der Waals surface area contributed by atoms with Crippen LogP contribution in [-0.2, 0) is 18.3 Å². The molecule has 3 aromatic rings. The number of ether oxygens (including phenoxy) is 2. The summed E-state index contributed by atoms with van der Waals surface area (Å²) in [5.41, 5.74) is 4.00. The van der Waals surface area contributed by atoms with Gasteiger partial charge in [-0.25, -0.2) is 9.78 Å². The third kappa shape index (κ3) is 5.76. The minimum absolute atomic E-state index is 0.131. The number of benzene rings is 1. The second-order valence-corrected chi connectivity index (χ2v) is 11.0. The maximum Gasteiger partial charge on any atom is 0.407 e. The quantitative estimate of drug-likeness (QED) is 0.389. The molecule has 0 spiro atoms. The van der Waals surface area contributed by atoms with Crippen molar-refractivity contribution < 1.29 is 19.1 Å². The highest BCUT2D eigenvalue weighted by atomic mass is 16.6. The molecule has 2 amide bonds. The Labute approximate surface area is 235 Å². The van der Waals surface area contributed by atoms with Crippen molar-refractivity contribution in [3.8, 4) is 17.3 Å². The van der Waals surface area contributed by atoms with Crippen LogP contribution in [0.4, 0.5) is 10.5 Å². The Morgan fingerprint density at radius 1 is 1.27 bits per heavy atom. The highest BCUT2D eigenvalue weighted by Gasteiger charge is 2.29. The minimum Gasteiger partial charge on any atom is -0.494 e. The van der Waals surface area contributed by atoms with Crippen LogP contribution in [0, 0.1) is 0 Å². The number of nitrogens with one attached hydrogen (secondary N) is 1. The van der Waals surface area contributed by atoms with Crippen LogP contribution in [0.5, 0.6) is 5.75 Å². The van der Waals surface area contributed by atoms with E-state index in [1.165, 1.54) is 0 Å². The van der Waals surface area contributed by atoms with Crippen LogP contribution in [0.15, 0.2) is 29.3 Å². The number of carbonyl (C=O) groups is 2. The van der Waals surface area contributed by atoms with Gasteiger partial charge in [0.05, 0.1) is 29.7 Å². The van der Waals surface area contributed by atoms with Crippen LogP contribution in [0.25, 0.3) is 28.6 Å². The molecular formula is C30H40N6O4. The first-order valence-electron chi connectivity index (χ1n) is 13.7. The highest BCUT2D eigenvalue weighted by molar-refractivity contribution is 6.00. The Morgan fingerprint density at radius 2 is 2.02 bits per heavy atom. The van der Waals surface area contributed by atoms with Gasteiger partial charge in [-0.3, -0.25) is 9.79 Å². The lowest BCUT2D eigenvalue weighted by Gasteiger charge is -2.33. The molecule has 2 aromatic heterocycles. The SMILES string of the molecule is C=Nc1cc(-c2nc3cc(C(=O)N4CCC[C@@H](NC(=O)OC(C)(C)C)C4)cc(OC)c3n2C)n(CC)c1/C=C\C. The molecular weight excluding hydrogens is 508 g/mol. The molecule has 1 aliphatic heterocycles. The van der Waals surface area contributed by atoms with Gasteiger partial charge in [0.1, 0.15) is 16.9 Å². The van der Waals surface area contributed by atoms with Gasteiger partial charge in [-0.1, -0.05) is 6.08 Å². The average molecular weight is 549 g/mol. The first-order chi connectivity index (χ1) is 19.0. The number of aryl methyl sites for hydroxylation is 1. The fraction of sp³-hybridized carbons (Fsp3) is 0.467. The second-order valence-electron chi connectivity index (χ2n) is 11.0. The molecule has 214 valence electrons. The molecule has 10 nitrogen and oxygen atoms in total. The van der Waals surface area contributed by atoms with Crippen LogP contribution >= 0.6 is 0 Å². The van der Waals surface area contributed by atoms with Crippen molar-refractivity contribution in [2.24, 2.45) is 12.0 Å². The number of likely N-dealkylation sites (tertiary alicyclic amines) is 1. The van der Waals surface area contributed by atoms with Crippen LogP contribution in [-0.4, -0.2) is 69.6 Å². The third-order valence-corrected chi connectivity index (χ3v) is 6.99. The first kappa shape index (κ1) is 28.9. The number of aliphatic imine (C=N–C) groups is 1. The van der Waals surface area contributed by atoms with E-state index < -0.39 is 11.7 Å². The molecule has 0 aliphatic carbocycles. The predicted molar refractivity (Wildman–Crippen MR) is 159 cm³/mol. The van der Waals surface area contributed by atoms with Gasteiger partial charge in [0.2, 0.25) is 0 Å². The van der Waals surface area contributed by atoms with Gasteiger partial charge in [0, 0.05) is 38.3 Å². The van der Waals surface area contributed by atoms with E-state index in [0.717, 1.165) is 47.8 Å². The fourth-order valence-electron chi connectivity index (χ4n) is 5.29. The molecule has 40 heavy (non-hydrogen) atoms. The normalized spacial score (nSPS) is 16.0. The highest BCUT2D eigenvalue weighted by Crippen LogP contribution is 2.36. The summed E-state index contributed by atoms with van der Waals surface area (Å²) in [6.07, 6.45) is 5.08. The lowest BCUT2D eigenvalue weighted by atomic mass is 10.0. The number of hydrogen-bond donors (Lipinski definition) is 1. The van der Waals surface area contributed by atoms with Gasteiger partial charge in [-0.2, -0.15) is 0 Å². The smallest absolute Gasteiger partial charge is 0.407 e. The third-order valence-electron chi connectivity index (χ3n) is 6.99. The van der Waals surface area contributed by atoms with Crippen molar-refractivity contribution in [1.29, 1.82) is 0 Å². The van der Waals surface area contributed by atoms with Gasteiger partial charge in [0.25, 0.3) is 5.91 Å². The first-order valence-corrected chi connectivity index (χ1v) is 13.7. The fourth-order valence-corrected chi connectivity index (χ4v) is 5.29. The zero-order valence-corrected chi connectivity index (χ0v) is 24.6.